The Kier molecular flexibility index (Phi) is 3.87. The van der Waals surface area contributed by atoms with Crippen molar-refractivity contribution in [2.24, 2.45) is 0 Å². The van der Waals surface area contributed by atoms with Crippen LogP contribution in [-0.4, -0.2) is 34.4 Å². The summed E-state index contributed by atoms with van der Waals surface area (Å²) in [7, 11) is -7.30. The van der Waals surface area contributed by atoms with E-state index in [-0.39, 0.29) is 22.9 Å². The number of benzene rings is 1. The van der Waals surface area contributed by atoms with Crippen molar-refractivity contribution in [3.05, 3.63) is 29.0 Å². The maximum atomic E-state index is 13.6. The largest absolute Gasteiger partial charge is 0.243 e. The Labute approximate surface area is 115 Å². The highest BCUT2D eigenvalue weighted by Crippen LogP contribution is 2.20. The topological polar surface area (TPSA) is 80.3 Å². The van der Waals surface area contributed by atoms with Crippen LogP contribution in [0, 0.1) is 5.82 Å². The van der Waals surface area contributed by atoms with E-state index in [4.69, 9.17) is 11.6 Å². The normalized spacial score (nSPS) is 22.5. The first kappa shape index (κ1) is 14.7. The zero-order valence-electron chi connectivity index (χ0n) is 9.64. The third-order valence-corrected chi connectivity index (χ3v) is 6.29. The number of halogens is 2. The van der Waals surface area contributed by atoms with E-state index in [1.807, 2.05) is 0 Å². The van der Waals surface area contributed by atoms with Crippen molar-refractivity contribution in [3.63, 3.8) is 0 Å². The Morgan fingerprint density at radius 1 is 1.37 bits per heavy atom. The van der Waals surface area contributed by atoms with Gasteiger partial charge in [-0.1, -0.05) is 11.6 Å². The molecule has 0 radical (unpaired) electrons. The van der Waals surface area contributed by atoms with Gasteiger partial charge in [0.2, 0.25) is 10.0 Å². The molecule has 1 aliphatic rings. The maximum Gasteiger partial charge on any atom is 0.243 e. The van der Waals surface area contributed by atoms with Gasteiger partial charge in [-0.15, -0.1) is 0 Å². The van der Waals surface area contributed by atoms with Crippen LogP contribution in [0.3, 0.4) is 0 Å². The quantitative estimate of drug-likeness (QED) is 0.896. The Morgan fingerprint density at radius 3 is 2.58 bits per heavy atom. The average molecular weight is 328 g/mol. The van der Waals surface area contributed by atoms with Crippen molar-refractivity contribution in [1.82, 2.24) is 4.72 Å². The molecule has 1 atom stereocenters. The van der Waals surface area contributed by atoms with Crippen molar-refractivity contribution >= 4 is 31.5 Å². The second-order valence-corrected chi connectivity index (χ2v) is 8.64. The molecular weight excluding hydrogens is 317 g/mol. The smallest absolute Gasteiger partial charge is 0.229 e. The first-order valence-electron chi connectivity index (χ1n) is 5.37. The number of sulfonamides is 1. The summed E-state index contributed by atoms with van der Waals surface area (Å²) in [6.45, 7) is 0. The van der Waals surface area contributed by atoms with Crippen LogP contribution in [0.25, 0.3) is 0 Å². The van der Waals surface area contributed by atoms with E-state index in [9.17, 15) is 21.2 Å². The molecule has 0 aliphatic carbocycles. The summed E-state index contributed by atoms with van der Waals surface area (Å²) in [5, 5.41) is 0.0832. The molecule has 106 valence electrons. The van der Waals surface area contributed by atoms with E-state index in [1.165, 1.54) is 6.07 Å². The second-order valence-electron chi connectivity index (χ2n) is 4.30. The van der Waals surface area contributed by atoms with Gasteiger partial charge in [-0.05, 0) is 24.6 Å². The zero-order valence-corrected chi connectivity index (χ0v) is 12.0. The standard InChI is InChI=1S/C10H11ClFNO4S2/c11-7-1-2-10(9(12)5-7)19(16,17)13-8-3-4-18(14,15)6-8/h1-2,5,8,13H,3-4,6H2/t8-/m1/s1. The van der Waals surface area contributed by atoms with E-state index in [2.05, 4.69) is 4.72 Å². The Hall–Kier alpha value is -0.700. The number of hydrogen-bond acceptors (Lipinski definition) is 4. The van der Waals surface area contributed by atoms with Gasteiger partial charge in [-0.25, -0.2) is 25.9 Å². The van der Waals surface area contributed by atoms with Crippen LogP contribution in [0.2, 0.25) is 5.02 Å². The molecule has 0 spiro atoms. The molecule has 1 saturated heterocycles. The number of nitrogens with one attached hydrogen (secondary N) is 1. The lowest BCUT2D eigenvalue weighted by Gasteiger charge is -2.12. The molecule has 1 aromatic rings. The summed E-state index contributed by atoms with van der Waals surface area (Å²) in [6, 6.07) is 2.47. The minimum Gasteiger partial charge on any atom is -0.229 e. The van der Waals surface area contributed by atoms with E-state index < -0.39 is 36.6 Å². The van der Waals surface area contributed by atoms with Crippen LogP contribution >= 0.6 is 11.6 Å². The molecule has 1 fully saturated rings. The van der Waals surface area contributed by atoms with Crippen LogP contribution < -0.4 is 4.72 Å². The molecule has 1 aromatic carbocycles. The molecule has 0 amide bonds. The lowest BCUT2D eigenvalue weighted by molar-refractivity contribution is 0.544. The summed E-state index contributed by atoms with van der Waals surface area (Å²) in [4.78, 5) is -0.541. The first-order chi connectivity index (χ1) is 8.70. The van der Waals surface area contributed by atoms with Gasteiger partial charge >= 0.3 is 0 Å². The van der Waals surface area contributed by atoms with Crippen molar-refractivity contribution in [2.75, 3.05) is 11.5 Å². The van der Waals surface area contributed by atoms with Crippen LogP contribution in [0.1, 0.15) is 6.42 Å². The molecule has 9 heteroatoms. The molecule has 0 bridgehead atoms. The number of rotatable bonds is 3. The fourth-order valence-electron chi connectivity index (χ4n) is 1.86. The van der Waals surface area contributed by atoms with E-state index >= 15 is 0 Å². The SMILES string of the molecule is O=S1(=O)CC[C@@H](NS(=O)(=O)c2ccc(Cl)cc2F)C1. The van der Waals surface area contributed by atoms with Gasteiger partial charge in [0.15, 0.2) is 9.84 Å². The lowest BCUT2D eigenvalue weighted by Crippen LogP contribution is -2.36. The molecule has 0 saturated carbocycles. The molecule has 1 aliphatic heterocycles. The lowest BCUT2D eigenvalue weighted by atomic mass is 10.3. The van der Waals surface area contributed by atoms with Gasteiger partial charge in [0.05, 0.1) is 11.5 Å². The highest BCUT2D eigenvalue weighted by Gasteiger charge is 2.32. The van der Waals surface area contributed by atoms with Gasteiger partial charge in [0.1, 0.15) is 10.7 Å². The van der Waals surface area contributed by atoms with Crippen LogP contribution in [0.15, 0.2) is 23.1 Å². The van der Waals surface area contributed by atoms with Gasteiger partial charge in [0, 0.05) is 11.1 Å². The minimum absolute atomic E-state index is 0.0662. The van der Waals surface area contributed by atoms with Crippen molar-refractivity contribution in [1.29, 1.82) is 0 Å². The average Bonchev–Trinajstić information content (AvgIpc) is 2.56. The predicted molar refractivity (Wildman–Crippen MR) is 68.8 cm³/mol. The first-order valence-corrected chi connectivity index (χ1v) is 9.06. The van der Waals surface area contributed by atoms with Crippen molar-refractivity contribution < 1.29 is 21.2 Å². The predicted octanol–water partition coefficient (Wildman–Crippen LogP) is 0.944. The molecule has 1 N–H and O–H groups in total. The molecule has 5 nitrogen and oxygen atoms in total. The minimum atomic E-state index is -4.09. The van der Waals surface area contributed by atoms with Gasteiger partial charge in [0.25, 0.3) is 0 Å². The van der Waals surface area contributed by atoms with Crippen molar-refractivity contribution in [3.8, 4) is 0 Å². The summed E-state index contributed by atoms with van der Waals surface area (Å²) in [6.07, 6.45) is 0.191. The third-order valence-electron chi connectivity index (χ3n) is 2.74. The molecule has 19 heavy (non-hydrogen) atoms. The van der Waals surface area contributed by atoms with Crippen molar-refractivity contribution in [2.45, 2.75) is 17.4 Å². The molecular formula is C10H11ClFNO4S2. The molecule has 2 rings (SSSR count). The Morgan fingerprint density at radius 2 is 2.05 bits per heavy atom. The Balaban J connectivity index is 2.24. The fraction of sp³-hybridized carbons (Fsp3) is 0.400. The Bertz CT molecular complexity index is 702. The zero-order chi connectivity index (χ0) is 14.3. The fourth-order valence-corrected chi connectivity index (χ4v) is 5.13. The maximum absolute atomic E-state index is 13.6. The number of sulfone groups is 1. The highest BCUT2D eigenvalue weighted by molar-refractivity contribution is 7.92. The monoisotopic (exact) mass is 327 g/mol. The van der Waals surface area contributed by atoms with Gasteiger partial charge in [-0.2, -0.15) is 0 Å². The van der Waals surface area contributed by atoms with Gasteiger partial charge < -0.3 is 0 Å². The highest BCUT2D eigenvalue weighted by atomic mass is 35.5. The number of hydrogen-bond donors (Lipinski definition) is 1. The summed E-state index contributed by atoms with van der Waals surface area (Å²) in [5.74, 6) is -1.30. The van der Waals surface area contributed by atoms with Crippen LogP contribution in [0.4, 0.5) is 4.39 Å². The summed E-state index contributed by atoms with van der Waals surface area (Å²) in [5.41, 5.74) is 0. The summed E-state index contributed by atoms with van der Waals surface area (Å²) >= 11 is 5.54. The van der Waals surface area contributed by atoms with E-state index in [0.717, 1.165) is 12.1 Å². The molecule has 0 unspecified atom stereocenters. The molecule has 1 heterocycles. The van der Waals surface area contributed by atoms with E-state index in [0.29, 0.717) is 0 Å². The van der Waals surface area contributed by atoms with Gasteiger partial charge in [-0.3, -0.25) is 0 Å². The summed E-state index contributed by atoms with van der Waals surface area (Å²) < 4.78 is 62.1. The second kappa shape index (κ2) is 5.01. The van der Waals surface area contributed by atoms with Crippen LogP contribution in [-0.2, 0) is 19.9 Å². The van der Waals surface area contributed by atoms with Crippen LogP contribution in [0.5, 0.6) is 0 Å². The third kappa shape index (κ3) is 3.44. The van der Waals surface area contributed by atoms with E-state index in [1.54, 1.807) is 0 Å². The molecule has 0 aromatic heterocycles.